The fourth-order valence-electron chi connectivity index (χ4n) is 3.74. The maximum absolute atomic E-state index is 13.3. The minimum absolute atomic E-state index is 0.178. The smallest absolute Gasteiger partial charge is 0.230 e. The van der Waals surface area contributed by atoms with Crippen LogP contribution in [0.25, 0.3) is 0 Å². The molecule has 0 bridgehead atoms. The zero-order chi connectivity index (χ0) is 23.7. The van der Waals surface area contributed by atoms with Gasteiger partial charge in [0.25, 0.3) is 0 Å². The molecule has 0 radical (unpaired) electrons. The van der Waals surface area contributed by atoms with E-state index in [0.29, 0.717) is 6.54 Å². The number of carbonyl (C=O) groups is 1. The van der Waals surface area contributed by atoms with Crippen LogP contribution in [0.3, 0.4) is 0 Å². The molecule has 0 spiro atoms. The van der Waals surface area contributed by atoms with Crippen molar-refractivity contribution >= 4 is 5.91 Å². The highest BCUT2D eigenvalue weighted by molar-refractivity contribution is 5.88. The Hall–Kier alpha value is -2.09. The molecular formula is C29H47NO. The van der Waals surface area contributed by atoms with Crippen LogP contribution in [0, 0.1) is 13.8 Å². The van der Waals surface area contributed by atoms with Crippen molar-refractivity contribution in [3.05, 3.63) is 70.8 Å². The molecule has 1 N–H and O–H groups in total. The minimum Gasteiger partial charge on any atom is -0.355 e. The SMILES string of the molecule is CC.CCC.CCCC(CCC)(C(=O)NCCc1ccc(C)cc1)c1ccc(C)cc1. The maximum atomic E-state index is 13.3. The van der Waals surface area contributed by atoms with E-state index in [0.717, 1.165) is 37.7 Å². The van der Waals surface area contributed by atoms with Gasteiger partial charge in [-0.3, -0.25) is 4.79 Å². The van der Waals surface area contributed by atoms with Crippen molar-refractivity contribution in [2.75, 3.05) is 6.54 Å². The van der Waals surface area contributed by atoms with Crippen molar-refractivity contribution in [2.45, 2.75) is 99.3 Å². The highest BCUT2D eigenvalue weighted by Crippen LogP contribution is 2.35. The first-order chi connectivity index (χ1) is 14.9. The topological polar surface area (TPSA) is 29.1 Å². The molecule has 0 heterocycles. The number of rotatable bonds is 9. The summed E-state index contributed by atoms with van der Waals surface area (Å²) in [5.74, 6) is 0.178. The molecule has 174 valence electrons. The summed E-state index contributed by atoms with van der Waals surface area (Å²) in [7, 11) is 0. The third-order valence-corrected chi connectivity index (χ3v) is 5.21. The number of carbonyl (C=O) groups excluding carboxylic acids is 1. The van der Waals surface area contributed by atoms with E-state index in [1.165, 1.54) is 23.1 Å². The summed E-state index contributed by atoms with van der Waals surface area (Å²) in [5.41, 5.74) is 4.50. The molecule has 2 aromatic carbocycles. The summed E-state index contributed by atoms with van der Waals surface area (Å²) in [6.07, 6.45) is 5.90. The Balaban J connectivity index is 0.00000165. The quantitative estimate of drug-likeness (QED) is 0.434. The van der Waals surface area contributed by atoms with Gasteiger partial charge in [-0.2, -0.15) is 0 Å². The molecule has 31 heavy (non-hydrogen) atoms. The monoisotopic (exact) mass is 425 g/mol. The van der Waals surface area contributed by atoms with Crippen molar-refractivity contribution in [1.29, 1.82) is 0 Å². The average Bonchev–Trinajstić information content (AvgIpc) is 2.77. The Morgan fingerprint density at radius 2 is 1.19 bits per heavy atom. The summed E-state index contributed by atoms with van der Waals surface area (Å²) in [6.45, 7) is 17.4. The first kappa shape index (κ1) is 28.9. The molecule has 0 unspecified atom stereocenters. The summed E-state index contributed by atoms with van der Waals surface area (Å²) in [5, 5.41) is 3.23. The van der Waals surface area contributed by atoms with Gasteiger partial charge < -0.3 is 5.32 Å². The van der Waals surface area contributed by atoms with Gasteiger partial charge in [-0.05, 0) is 44.2 Å². The standard InChI is InChI=1S/C24H33NO.C3H8.C2H6/c1-5-16-24(17-6-2,22-13-9-20(4)10-14-22)23(26)25-18-15-21-11-7-19(3)8-12-21;1-3-2;1-2/h7-14H,5-6,15-18H2,1-4H3,(H,25,26);3H2,1-2H3;1-2H3. The van der Waals surface area contributed by atoms with Crippen LogP contribution in [0.4, 0.5) is 0 Å². The molecule has 2 nitrogen and oxygen atoms in total. The second kappa shape index (κ2) is 16.6. The van der Waals surface area contributed by atoms with Gasteiger partial charge in [0.15, 0.2) is 0 Å². The number of nitrogens with one attached hydrogen (secondary N) is 1. The molecule has 0 atom stereocenters. The normalized spacial score (nSPS) is 10.3. The zero-order valence-corrected chi connectivity index (χ0v) is 21.5. The van der Waals surface area contributed by atoms with Crippen molar-refractivity contribution in [3.63, 3.8) is 0 Å². The van der Waals surface area contributed by atoms with E-state index in [9.17, 15) is 4.79 Å². The second-order valence-corrected chi connectivity index (χ2v) is 8.15. The molecule has 2 rings (SSSR count). The first-order valence-electron chi connectivity index (χ1n) is 12.3. The van der Waals surface area contributed by atoms with Gasteiger partial charge in [-0.15, -0.1) is 0 Å². The van der Waals surface area contributed by atoms with E-state index < -0.39 is 5.41 Å². The molecule has 0 saturated carbocycles. The first-order valence-corrected chi connectivity index (χ1v) is 12.3. The highest BCUT2D eigenvalue weighted by atomic mass is 16.2. The third kappa shape index (κ3) is 9.72. The summed E-state index contributed by atoms with van der Waals surface area (Å²) >= 11 is 0. The Morgan fingerprint density at radius 1 is 0.774 bits per heavy atom. The fraction of sp³-hybridized carbons (Fsp3) is 0.552. The van der Waals surface area contributed by atoms with Gasteiger partial charge in [0.1, 0.15) is 0 Å². The van der Waals surface area contributed by atoms with Crippen molar-refractivity contribution < 1.29 is 4.79 Å². The van der Waals surface area contributed by atoms with Gasteiger partial charge in [-0.1, -0.05) is 120 Å². The molecule has 0 saturated heterocycles. The van der Waals surface area contributed by atoms with Crippen LogP contribution >= 0.6 is 0 Å². The Morgan fingerprint density at radius 3 is 1.61 bits per heavy atom. The summed E-state index contributed by atoms with van der Waals surface area (Å²) < 4.78 is 0. The Kier molecular flexibility index (Phi) is 15.5. The van der Waals surface area contributed by atoms with Gasteiger partial charge in [-0.25, -0.2) is 0 Å². The Bertz CT molecular complexity index is 695. The zero-order valence-electron chi connectivity index (χ0n) is 21.5. The van der Waals surface area contributed by atoms with Crippen molar-refractivity contribution in [2.24, 2.45) is 0 Å². The lowest BCUT2D eigenvalue weighted by Gasteiger charge is -2.33. The highest BCUT2D eigenvalue weighted by Gasteiger charge is 2.38. The molecule has 0 aliphatic heterocycles. The van der Waals surface area contributed by atoms with Crippen molar-refractivity contribution in [1.82, 2.24) is 5.32 Å². The minimum atomic E-state index is -0.412. The number of hydrogen-bond acceptors (Lipinski definition) is 1. The number of benzene rings is 2. The van der Waals surface area contributed by atoms with E-state index >= 15 is 0 Å². The average molecular weight is 426 g/mol. The van der Waals surface area contributed by atoms with Crippen LogP contribution in [0.15, 0.2) is 48.5 Å². The molecule has 0 aliphatic rings. The largest absolute Gasteiger partial charge is 0.355 e. The second-order valence-electron chi connectivity index (χ2n) is 8.15. The Labute approximate surface area is 192 Å². The number of amides is 1. The van der Waals surface area contributed by atoms with E-state index in [2.05, 4.69) is 95.4 Å². The predicted octanol–water partition coefficient (Wildman–Crippen LogP) is 7.94. The van der Waals surface area contributed by atoms with Gasteiger partial charge in [0.2, 0.25) is 5.91 Å². The van der Waals surface area contributed by atoms with E-state index in [4.69, 9.17) is 0 Å². The maximum Gasteiger partial charge on any atom is 0.230 e. The predicted molar refractivity (Wildman–Crippen MR) is 138 cm³/mol. The van der Waals surface area contributed by atoms with Gasteiger partial charge in [0.05, 0.1) is 5.41 Å². The molecular weight excluding hydrogens is 378 g/mol. The molecule has 1 amide bonds. The molecule has 0 aliphatic carbocycles. The molecule has 2 heteroatoms. The summed E-state index contributed by atoms with van der Waals surface area (Å²) in [6, 6.07) is 17.1. The molecule has 0 fully saturated rings. The van der Waals surface area contributed by atoms with E-state index in [-0.39, 0.29) is 5.91 Å². The summed E-state index contributed by atoms with van der Waals surface area (Å²) in [4.78, 5) is 13.3. The van der Waals surface area contributed by atoms with Crippen LogP contribution in [0.1, 0.15) is 95.9 Å². The molecule has 0 aromatic heterocycles. The van der Waals surface area contributed by atoms with Gasteiger partial charge >= 0.3 is 0 Å². The molecule has 2 aromatic rings. The lowest BCUT2D eigenvalue weighted by atomic mass is 9.72. The van der Waals surface area contributed by atoms with Crippen molar-refractivity contribution in [3.8, 4) is 0 Å². The van der Waals surface area contributed by atoms with Crippen LogP contribution < -0.4 is 5.32 Å². The van der Waals surface area contributed by atoms with Crippen LogP contribution in [-0.2, 0) is 16.6 Å². The van der Waals surface area contributed by atoms with E-state index in [1.54, 1.807) is 0 Å². The fourth-order valence-corrected chi connectivity index (χ4v) is 3.74. The lowest BCUT2D eigenvalue weighted by molar-refractivity contribution is -0.127. The lowest BCUT2D eigenvalue weighted by Crippen LogP contribution is -2.45. The van der Waals surface area contributed by atoms with Crippen LogP contribution in [0.2, 0.25) is 0 Å². The van der Waals surface area contributed by atoms with Crippen LogP contribution in [0.5, 0.6) is 0 Å². The number of hydrogen-bond donors (Lipinski definition) is 1. The van der Waals surface area contributed by atoms with Gasteiger partial charge in [0, 0.05) is 6.54 Å². The van der Waals surface area contributed by atoms with Crippen LogP contribution in [-0.4, -0.2) is 12.5 Å². The third-order valence-electron chi connectivity index (χ3n) is 5.21. The number of aryl methyl sites for hydroxylation is 2. The van der Waals surface area contributed by atoms with E-state index in [1.807, 2.05) is 13.8 Å².